The van der Waals surface area contributed by atoms with Crippen LogP contribution in [-0.4, -0.2) is 114 Å². The highest BCUT2D eigenvalue weighted by molar-refractivity contribution is 5.92. The van der Waals surface area contributed by atoms with Crippen molar-refractivity contribution in [2.45, 2.75) is 43.4 Å². The number of carboxylic acids is 2. The molecule has 1 aromatic rings. The molecule has 0 bridgehead atoms. The van der Waals surface area contributed by atoms with Crippen molar-refractivity contribution in [3.8, 4) is 0 Å². The second kappa shape index (κ2) is 14.1. The summed E-state index contributed by atoms with van der Waals surface area (Å²) in [5.74, 6) is -5.52. The smallest absolute Gasteiger partial charge is 0.475 e. The van der Waals surface area contributed by atoms with E-state index in [9.17, 15) is 31.1 Å². The summed E-state index contributed by atoms with van der Waals surface area (Å²) in [6.45, 7) is 2.77. The highest BCUT2D eigenvalue weighted by Crippen LogP contribution is 2.32. The fourth-order valence-corrected chi connectivity index (χ4v) is 3.37. The highest BCUT2D eigenvalue weighted by Gasteiger charge is 2.45. The molecule has 1 aromatic heterocycles. The number of ether oxygens (including phenoxy) is 2. The van der Waals surface area contributed by atoms with Gasteiger partial charge in [0.05, 0.1) is 25.4 Å². The molecule has 0 aromatic carbocycles. The maximum Gasteiger partial charge on any atom is 0.490 e. The molecule has 0 unspecified atom stereocenters. The molecule has 2 heterocycles. The van der Waals surface area contributed by atoms with Crippen molar-refractivity contribution in [3.05, 3.63) is 30.1 Å². The lowest BCUT2D eigenvalue weighted by Gasteiger charge is -2.39. The van der Waals surface area contributed by atoms with E-state index in [1.165, 1.54) is 0 Å². The van der Waals surface area contributed by atoms with Crippen LogP contribution in [0.1, 0.15) is 23.3 Å². The minimum atomic E-state index is -5.08. The van der Waals surface area contributed by atoms with Crippen LogP contribution in [0.15, 0.2) is 24.4 Å². The van der Waals surface area contributed by atoms with Crippen LogP contribution < -0.4 is 0 Å². The third-order valence-corrected chi connectivity index (χ3v) is 5.04. The number of rotatable bonds is 5. The third-order valence-electron chi connectivity index (χ3n) is 5.04. The zero-order valence-corrected chi connectivity index (χ0v) is 19.8. The van der Waals surface area contributed by atoms with E-state index in [-0.39, 0.29) is 24.2 Å². The number of hydrogen-bond acceptors (Lipinski definition) is 7. The van der Waals surface area contributed by atoms with Crippen molar-refractivity contribution >= 4 is 17.8 Å². The Morgan fingerprint density at radius 3 is 2.11 bits per heavy atom. The van der Waals surface area contributed by atoms with Gasteiger partial charge in [0.2, 0.25) is 0 Å². The number of carbonyl (C=O) groups excluding carboxylic acids is 1. The number of halogens is 6. The van der Waals surface area contributed by atoms with Gasteiger partial charge in [-0.25, -0.2) is 9.59 Å². The van der Waals surface area contributed by atoms with Crippen molar-refractivity contribution in [2.24, 2.45) is 0 Å². The second-order valence-corrected chi connectivity index (χ2v) is 8.01. The second-order valence-electron chi connectivity index (χ2n) is 8.01. The third kappa shape index (κ3) is 10.9. The Morgan fingerprint density at radius 2 is 1.65 bits per heavy atom. The Balaban J connectivity index is 0.000000404. The Hall–Kier alpha value is -2.98. The van der Waals surface area contributed by atoms with Gasteiger partial charge >= 0.3 is 24.3 Å². The first-order chi connectivity index (χ1) is 17.1. The van der Waals surface area contributed by atoms with Crippen molar-refractivity contribution < 1.29 is 60.4 Å². The summed E-state index contributed by atoms with van der Waals surface area (Å²) in [7, 11) is 4.07. The van der Waals surface area contributed by atoms with Gasteiger partial charge in [0.1, 0.15) is 11.8 Å². The average molecular weight is 547 g/mol. The summed E-state index contributed by atoms with van der Waals surface area (Å²) in [5.41, 5.74) is 0.505. The number of morpholine rings is 1. The van der Waals surface area contributed by atoms with Crippen LogP contribution in [0.4, 0.5) is 26.3 Å². The molecule has 37 heavy (non-hydrogen) atoms. The largest absolute Gasteiger partial charge is 0.490 e. The molecule has 1 aliphatic carbocycles. The van der Waals surface area contributed by atoms with Gasteiger partial charge in [0, 0.05) is 19.3 Å². The number of likely N-dealkylation sites (N-methyl/N-ethyl adjacent to an activating group) is 1. The van der Waals surface area contributed by atoms with E-state index >= 15 is 0 Å². The Morgan fingerprint density at radius 1 is 1.08 bits per heavy atom. The minimum Gasteiger partial charge on any atom is -0.475 e. The molecule has 1 saturated heterocycles. The molecule has 2 fully saturated rings. The van der Waals surface area contributed by atoms with Gasteiger partial charge in [0.15, 0.2) is 0 Å². The van der Waals surface area contributed by atoms with Crippen LogP contribution in [0.25, 0.3) is 0 Å². The molecule has 0 radical (unpaired) electrons. The van der Waals surface area contributed by atoms with Gasteiger partial charge in [-0.3, -0.25) is 9.78 Å². The zero-order chi connectivity index (χ0) is 28.4. The molecule has 1 aliphatic heterocycles. The maximum absolute atomic E-state index is 12.7. The summed E-state index contributed by atoms with van der Waals surface area (Å²) < 4.78 is 75.4. The topological polar surface area (TPSA) is 130 Å². The predicted octanol–water partition coefficient (Wildman–Crippen LogP) is 2.30. The molecule has 1 saturated carbocycles. The summed E-state index contributed by atoms with van der Waals surface area (Å²) in [5, 5.41) is 14.2. The normalized spacial score (nSPS) is 21.2. The monoisotopic (exact) mass is 547 g/mol. The quantitative estimate of drug-likeness (QED) is 0.534. The van der Waals surface area contributed by atoms with Crippen molar-refractivity contribution in [2.75, 3.05) is 40.4 Å². The standard InChI is InChI=1S/C17H25N3O3.2C2HF3O2/c1-19(2)9-11-22-15-7-6-14-16(15)23-12-10-20(14)17(21)13-5-3-4-8-18-13;2*3-2(4,5)1(6)7/h3-5,8,14-16H,6-7,9-12H2,1-2H3;2*(H,6,7)/t14-,15+,16+;;/m0../s1. The fraction of sp³-hybridized carbons (Fsp3) is 0.619. The van der Waals surface area contributed by atoms with Gasteiger partial charge in [0.25, 0.3) is 5.91 Å². The molecule has 2 aliphatic rings. The molecule has 16 heteroatoms. The van der Waals surface area contributed by atoms with Gasteiger partial charge in [-0.1, -0.05) is 6.07 Å². The molecule has 3 atom stereocenters. The summed E-state index contributed by atoms with van der Waals surface area (Å²) in [6.07, 6.45) is -6.57. The van der Waals surface area contributed by atoms with E-state index in [1.54, 1.807) is 12.3 Å². The Labute approximate surface area is 207 Å². The number of aromatic nitrogens is 1. The molecule has 0 spiro atoms. The first-order valence-corrected chi connectivity index (χ1v) is 10.8. The van der Waals surface area contributed by atoms with Gasteiger partial charge in [-0.15, -0.1) is 0 Å². The molecule has 3 rings (SSSR count). The lowest BCUT2D eigenvalue weighted by atomic mass is 10.1. The summed E-state index contributed by atoms with van der Waals surface area (Å²) in [6, 6.07) is 5.54. The lowest BCUT2D eigenvalue weighted by molar-refractivity contribution is -0.193. The molecular weight excluding hydrogens is 520 g/mol. The highest BCUT2D eigenvalue weighted by atomic mass is 19.4. The summed E-state index contributed by atoms with van der Waals surface area (Å²) >= 11 is 0. The molecule has 1 amide bonds. The van der Waals surface area contributed by atoms with Gasteiger partial charge in [-0.05, 0) is 39.1 Å². The Kier molecular flexibility index (Phi) is 12.2. The van der Waals surface area contributed by atoms with Crippen LogP contribution in [0, 0.1) is 0 Å². The van der Waals surface area contributed by atoms with E-state index in [0.717, 1.165) is 19.4 Å². The van der Waals surface area contributed by atoms with Gasteiger partial charge < -0.3 is 29.5 Å². The number of alkyl halides is 6. The van der Waals surface area contributed by atoms with E-state index in [2.05, 4.69) is 9.88 Å². The summed E-state index contributed by atoms with van der Waals surface area (Å²) in [4.78, 5) is 38.7. The van der Waals surface area contributed by atoms with Gasteiger partial charge in [-0.2, -0.15) is 26.3 Å². The minimum absolute atomic E-state index is 0.00200. The molecule has 210 valence electrons. The predicted molar refractivity (Wildman–Crippen MR) is 114 cm³/mol. The lowest BCUT2D eigenvalue weighted by Crippen LogP contribution is -2.54. The molecule has 2 N–H and O–H groups in total. The number of hydrogen-bond donors (Lipinski definition) is 2. The number of amides is 1. The number of nitrogens with zero attached hydrogens (tertiary/aromatic N) is 3. The Bertz CT molecular complexity index is 860. The number of aliphatic carboxylic acids is 2. The van der Waals surface area contributed by atoms with Crippen molar-refractivity contribution in [1.29, 1.82) is 0 Å². The number of carboxylic acid groups (broad SMARTS) is 2. The van der Waals surface area contributed by atoms with Crippen molar-refractivity contribution in [3.63, 3.8) is 0 Å². The number of pyridine rings is 1. The fourth-order valence-electron chi connectivity index (χ4n) is 3.37. The van der Waals surface area contributed by atoms with Crippen LogP contribution in [0.3, 0.4) is 0 Å². The maximum atomic E-state index is 12.7. The number of carbonyl (C=O) groups is 3. The zero-order valence-electron chi connectivity index (χ0n) is 19.8. The molecular formula is C21H27F6N3O7. The van der Waals surface area contributed by atoms with E-state index in [1.807, 2.05) is 31.1 Å². The van der Waals surface area contributed by atoms with Crippen LogP contribution >= 0.6 is 0 Å². The van der Waals surface area contributed by atoms with E-state index in [0.29, 0.717) is 25.5 Å². The van der Waals surface area contributed by atoms with E-state index < -0.39 is 24.3 Å². The van der Waals surface area contributed by atoms with E-state index in [4.69, 9.17) is 29.3 Å². The van der Waals surface area contributed by atoms with Crippen LogP contribution in [0.5, 0.6) is 0 Å². The first-order valence-electron chi connectivity index (χ1n) is 10.8. The van der Waals surface area contributed by atoms with Crippen LogP contribution in [0.2, 0.25) is 0 Å². The van der Waals surface area contributed by atoms with Crippen molar-refractivity contribution in [1.82, 2.24) is 14.8 Å². The number of fused-ring (bicyclic) bond motifs is 1. The first kappa shape index (κ1) is 32.0. The molecule has 10 nitrogen and oxygen atoms in total. The SMILES string of the molecule is CN(C)CCO[C@@H]1CC[C@H]2[C@H]1OCCN2C(=O)c1ccccn1.O=C(O)C(F)(F)F.O=C(O)C(F)(F)F. The van der Waals surface area contributed by atoms with Crippen LogP contribution in [-0.2, 0) is 19.1 Å². The average Bonchev–Trinajstić information content (AvgIpc) is 3.22.